The van der Waals surface area contributed by atoms with E-state index >= 15 is 0 Å². The molecule has 0 bridgehead atoms. The number of carbonyl (C=O) groups excluding carboxylic acids is 1. The van der Waals surface area contributed by atoms with Crippen LogP contribution in [0.25, 0.3) is 0 Å². The minimum absolute atomic E-state index is 0.0676. The van der Waals surface area contributed by atoms with Crippen LogP contribution >= 0.6 is 0 Å². The fourth-order valence-electron chi connectivity index (χ4n) is 1.04. The lowest BCUT2D eigenvalue weighted by Gasteiger charge is -2.21. The van der Waals surface area contributed by atoms with Crippen molar-refractivity contribution in [3.8, 4) is 5.75 Å². The molecule has 16 heavy (non-hydrogen) atoms. The number of pyridine rings is 1. The highest BCUT2D eigenvalue weighted by Crippen LogP contribution is 2.13. The lowest BCUT2D eigenvalue weighted by atomic mass is 10.1. The van der Waals surface area contributed by atoms with Crippen molar-refractivity contribution in [2.45, 2.75) is 26.0 Å². The van der Waals surface area contributed by atoms with Gasteiger partial charge in [0.05, 0.1) is 6.54 Å². The van der Waals surface area contributed by atoms with Crippen LogP contribution < -0.4 is 5.32 Å². The summed E-state index contributed by atoms with van der Waals surface area (Å²) >= 11 is 0. The third-order valence-corrected chi connectivity index (χ3v) is 2.34. The molecular weight excluding hydrogens is 208 g/mol. The third kappa shape index (κ3) is 2.93. The van der Waals surface area contributed by atoms with Crippen molar-refractivity contribution < 1.29 is 14.6 Å². The zero-order valence-corrected chi connectivity index (χ0v) is 9.65. The molecule has 0 saturated carbocycles. The zero-order chi connectivity index (χ0) is 12.2. The largest absolute Gasteiger partial charge is 0.506 e. The summed E-state index contributed by atoms with van der Waals surface area (Å²) < 4.78 is 5.02. The molecule has 0 aliphatic rings. The molecule has 1 aromatic rings. The van der Waals surface area contributed by atoms with E-state index in [9.17, 15) is 9.90 Å². The third-order valence-electron chi connectivity index (χ3n) is 2.34. The van der Waals surface area contributed by atoms with Crippen LogP contribution in [0.4, 0.5) is 0 Å². The van der Waals surface area contributed by atoms with Crippen LogP contribution in [0.1, 0.15) is 19.5 Å². The van der Waals surface area contributed by atoms with Crippen LogP contribution in [0.15, 0.2) is 18.3 Å². The van der Waals surface area contributed by atoms with Gasteiger partial charge in [0, 0.05) is 13.3 Å². The van der Waals surface area contributed by atoms with E-state index in [2.05, 4.69) is 10.3 Å². The molecule has 0 aliphatic carbocycles. The smallest absolute Gasteiger partial charge is 0.251 e. The monoisotopic (exact) mass is 224 g/mol. The minimum Gasteiger partial charge on any atom is -0.506 e. The lowest BCUT2D eigenvalue weighted by Crippen LogP contribution is -2.43. The molecule has 0 atom stereocenters. The first-order valence-electron chi connectivity index (χ1n) is 4.93. The van der Waals surface area contributed by atoms with Crippen LogP contribution in [-0.2, 0) is 16.1 Å². The van der Waals surface area contributed by atoms with Gasteiger partial charge >= 0.3 is 0 Å². The van der Waals surface area contributed by atoms with Gasteiger partial charge < -0.3 is 15.2 Å². The van der Waals surface area contributed by atoms with Crippen LogP contribution in [-0.4, -0.2) is 28.7 Å². The SMILES string of the molecule is COC(C)(C)C(=O)NCc1ncccc1O. The Labute approximate surface area is 94.5 Å². The second-order valence-corrected chi connectivity index (χ2v) is 3.87. The highest BCUT2D eigenvalue weighted by atomic mass is 16.5. The number of ether oxygens (including phenoxy) is 1. The summed E-state index contributed by atoms with van der Waals surface area (Å²) in [4.78, 5) is 15.6. The second-order valence-electron chi connectivity index (χ2n) is 3.87. The van der Waals surface area contributed by atoms with E-state index in [-0.39, 0.29) is 18.2 Å². The summed E-state index contributed by atoms with van der Waals surface area (Å²) in [5.74, 6) is -0.182. The Hall–Kier alpha value is -1.62. The Balaban J connectivity index is 2.59. The van der Waals surface area contributed by atoms with E-state index in [1.54, 1.807) is 26.1 Å². The van der Waals surface area contributed by atoms with Gasteiger partial charge in [0.15, 0.2) is 0 Å². The normalized spacial score (nSPS) is 11.2. The van der Waals surface area contributed by atoms with Gasteiger partial charge in [-0.2, -0.15) is 0 Å². The number of aromatic nitrogens is 1. The summed E-state index contributed by atoms with van der Waals surface area (Å²) in [6, 6.07) is 3.15. The van der Waals surface area contributed by atoms with Gasteiger partial charge in [-0.25, -0.2) is 0 Å². The molecule has 0 saturated heterocycles. The van der Waals surface area contributed by atoms with Crippen LogP contribution in [0.2, 0.25) is 0 Å². The summed E-state index contributed by atoms with van der Waals surface area (Å²) in [6.07, 6.45) is 1.56. The first-order chi connectivity index (χ1) is 7.47. The molecule has 88 valence electrons. The molecule has 5 heteroatoms. The lowest BCUT2D eigenvalue weighted by molar-refractivity contribution is -0.139. The number of rotatable bonds is 4. The average Bonchev–Trinajstić information content (AvgIpc) is 2.27. The van der Waals surface area contributed by atoms with Crippen LogP contribution in [0, 0.1) is 0 Å². The highest BCUT2D eigenvalue weighted by molar-refractivity contribution is 5.84. The molecule has 1 rings (SSSR count). The van der Waals surface area contributed by atoms with Gasteiger partial charge in [-0.05, 0) is 26.0 Å². The van der Waals surface area contributed by atoms with Gasteiger partial charge in [-0.3, -0.25) is 9.78 Å². The standard InChI is InChI=1S/C11H16N2O3/c1-11(2,16-3)10(15)13-7-8-9(14)5-4-6-12-8/h4-6,14H,7H2,1-3H3,(H,13,15). The Morgan fingerprint density at radius 1 is 1.62 bits per heavy atom. The Morgan fingerprint density at radius 2 is 2.31 bits per heavy atom. The molecule has 0 unspecified atom stereocenters. The fraction of sp³-hybridized carbons (Fsp3) is 0.455. The molecule has 0 fully saturated rings. The Morgan fingerprint density at radius 3 is 2.88 bits per heavy atom. The molecule has 2 N–H and O–H groups in total. The Bertz CT molecular complexity index is 377. The average molecular weight is 224 g/mol. The number of methoxy groups -OCH3 is 1. The van der Waals surface area contributed by atoms with Crippen LogP contribution in [0.5, 0.6) is 5.75 Å². The molecule has 0 spiro atoms. The van der Waals surface area contributed by atoms with Gasteiger partial charge in [0.25, 0.3) is 5.91 Å². The zero-order valence-electron chi connectivity index (χ0n) is 9.65. The molecule has 1 aromatic heterocycles. The van der Waals surface area contributed by atoms with Crippen LogP contribution in [0.3, 0.4) is 0 Å². The van der Waals surface area contributed by atoms with Gasteiger partial charge in [0.2, 0.25) is 0 Å². The Kier molecular flexibility index (Phi) is 3.84. The number of amides is 1. The number of hydrogen-bond donors (Lipinski definition) is 2. The second kappa shape index (κ2) is 4.94. The van der Waals surface area contributed by atoms with E-state index < -0.39 is 5.60 Å². The van der Waals surface area contributed by atoms with Gasteiger partial charge in [-0.1, -0.05) is 0 Å². The molecule has 1 heterocycles. The fourth-order valence-corrected chi connectivity index (χ4v) is 1.04. The van der Waals surface area contributed by atoms with Crippen molar-refractivity contribution in [1.29, 1.82) is 0 Å². The summed E-state index contributed by atoms with van der Waals surface area (Å²) in [5, 5.41) is 12.1. The van der Waals surface area contributed by atoms with Crippen molar-refractivity contribution in [2.75, 3.05) is 7.11 Å². The summed E-state index contributed by atoms with van der Waals surface area (Å²) in [6.45, 7) is 3.51. The van der Waals surface area contributed by atoms with E-state index in [1.807, 2.05) is 0 Å². The first kappa shape index (κ1) is 12.4. The minimum atomic E-state index is -0.885. The van der Waals surface area contributed by atoms with E-state index in [0.29, 0.717) is 5.69 Å². The predicted molar refractivity (Wildman–Crippen MR) is 58.8 cm³/mol. The van der Waals surface area contributed by atoms with Gasteiger partial charge in [0.1, 0.15) is 17.0 Å². The quantitative estimate of drug-likeness (QED) is 0.794. The van der Waals surface area contributed by atoms with Crippen molar-refractivity contribution in [1.82, 2.24) is 10.3 Å². The maximum absolute atomic E-state index is 11.6. The molecule has 5 nitrogen and oxygen atoms in total. The van der Waals surface area contributed by atoms with Crippen molar-refractivity contribution in [2.24, 2.45) is 0 Å². The highest BCUT2D eigenvalue weighted by Gasteiger charge is 2.26. The predicted octanol–water partition coefficient (Wildman–Crippen LogP) is 0.828. The number of hydrogen-bond acceptors (Lipinski definition) is 4. The van der Waals surface area contributed by atoms with E-state index in [0.717, 1.165) is 0 Å². The topological polar surface area (TPSA) is 71.5 Å². The van der Waals surface area contributed by atoms with Crippen molar-refractivity contribution in [3.63, 3.8) is 0 Å². The molecule has 0 radical (unpaired) electrons. The molecular formula is C11H16N2O3. The molecule has 0 aliphatic heterocycles. The number of aromatic hydroxyl groups is 1. The molecule has 1 amide bonds. The number of carbonyl (C=O) groups is 1. The maximum atomic E-state index is 11.6. The summed E-state index contributed by atoms with van der Waals surface area (Å²) in [7, 11) is 1.47. The van der Waals surface area contributed by atoms with E-state index in [1.165, 1.54) is 13.2 Å². The first-order valence-corrected chi connectivity index (χ1v) is 4.93. The van der Waals surface area contributed by atoms with Crippen molar-refractivity contribution in [3.05, 3.63) is 24.0 Å². The summed E-state index contributed by atoms with van der Waals surface area (Å²) in [5.41, 5.74) is -0.451. The molecule has 0 aromatic carbocycles. The van der Waals surface area contributed by atoms with E-state index in [4.69, 9.17) is 4.74 Å². The maximum Gasteiger partial charge on any atom is 0.251 e. The van der Waals surface area contributed by atoms with Gasteiger partial charge in [-0.15, -0.1) is 0 Å². The number of nitrogens with one attached hydrogen (secondary N) is 1. The number of nitrogens with zero attached hydrogens (tertiary/aromatic N) is 1. The van der Waals surface area contributed by atoms with Crippen molar-refractivity contribution >= 4 is 5.91 Å².